The lowest BCUT2D eigenvalue weighted by molar-refractivity contribution is -0.131. The highest BCUT2D eigenvalue weighted by atomic mass is 16.5. The summed E-state index contributed by atoms with van der Waals surface area (Å²) in [5.41, 5.74) is 7.53. The Kier molecular flexibility index (Phi) is 6.63. The molecule has 0 N–H and O–H groups in total. The van der Waals surface area contributed by atoms with E-state index < -0.39 is 5.41 Å². The first-order valence-corrected chi connectivity index (χ1v) is 10.8. The van der Waals surface area contributed by atoms with Crippen molar-refractivity contribution in [3.8, 4) is 11.5 Å². The van der Waals surface area contributed by atoms with Crippen LogP contribution in [-0.2, 0) is 10.2 Å². The second kappa shape index (κ2) is 9.07. The second-order valence-corrected chi connectivity index (χ2v) is 8.78. The monoisotopic (exact) mass is 431 g/mol. The fraction of sp³-hybridized carbons (Fsp3) is 0.321. The van der Waals surface area contributed by atoms with Gasteiger partial charge in [0.1, 0.15) is 11.5 Å². The first-order valence-electron chi connectivity index (χ1n) is 10.8. The first kappa shape index (κ1) is 23.4. The minimum Gasteiger partial charge on any atom is -0.496 e. The topological polar surface area (TPSA) is 38.8 Å². The van der Waals surface area contributed by atoms with Crippen LogP contribution in [-0.4, -0.2) is 27.2 Å². The van der Waals surface area contributed by atoms with Crippen molar-refractivity contribution < 1.29 is 14.3 Å². The number of aryl methyl sites for hydroxylation is 3. The molecule has 1 atom stereocenters. The Hall–Kier alpha value is -3.27. The molecule has 168 valence electrons. The third-order valence-corrected chi connectivity index (χ3v) is 6.23. The maximum atomic E-state index is 11.5. The van der Waals surface area contributed by atoms with E-state index in [9.17, 15) is 4.79 Å². The molecule has 0 radical (unpaired) electrons. The van der Waals surface area contributed by atoms with E-state index in [2.05, 4.69) is 82.2 Å². The number of hydrogen-bond donors (Lipinski definition) is 0. The van der Waals surface area contributed by atoms with Gasteiger partial charge in [-0.25, -0.2) is 0 Å². The molecule has 0 aliphatic heterocycles. The summed E-state index contributed by atoms with van der Waals surface area (Å²) in [5, 5.41) is 0. The number of nitrogens with zero attached hydrogens (tertiary/aromatic N) is 1. The highest BCUT2D eigenvalue weighted by Gasteiger charge is 2.32. The van der Waals surface area contributed by atoms with Crippen molar-refractivity contribution in [1.29, 1.82) is 0 Å². The van der Waals surface area contributed by atoms with Crippen molar-refractivity contribution in [1.82, 2.24) is 0 Å². The van der Waals surface area contributed by atoms with E-state index in [-0.39, 0.29) is 5.97 Å². The molecule has 0 amide bonds. The molecule has 0 heterocycles. The molecule has 3 aromatic rings. The predicted molar refractivity (Wildman–Crippen MR) is 131 cm³/mol. The van der Waals surface area contributed by atoms with Crippen LogP contribution in [0.15, 0.2) is 54.6 Å². The average molecular weight is 432 g/mol. The van der Waals surface area contributed by atoms with E-state index in [1.54, 1.807) is 7.11 Å². The lowest BCUT2D eigenvalue weighted by Gasteiger charge is -2.34. The minimum atomic E-state index is -0.411. The number of benzene rings is 3. The zero-order valence-electron chi connectivity index (χ0n) is 20.4. The van der Waals surface area contributed by atoms with Gasteiger partial charge in [0.25, 0.3) is 0 Å². The first-order chi connectivity index (χ1) is 15.1. The van der Waals surface area contributed by atoms with E-state index in [1.165, 1.54) is 29.3 Å². The number of rotatable bonds is 6. The number of carbonyl (C=O) groups is 1. The van der Waals surface area contributed by atoms with Crippen LogP contribution >= 0.6 is 0 Å². The number of hydrogen-bond acceptors (Lipinski definition) is 4. The zero-order valence-corrected chi connectivity index (χ0v) is 20.4. The molecule has 3 rings (SSSR count). The third kappa shape index (κ3) is 4.36. The normalized spacial score (nSPS) is 12.8. The molecule has 0 aromatic heterocycles. The summed E-state index contributed by atoms with van der Waals surface area (Å²) >= 11 is 0. The predicted octanol–water partition coefficient (Wildman–Crippen LogP) is 5.97. The quantitative estimate of drug-likeness (QED) is 0.274. The van der Waals surface area contributed by atoms with Crippen LogP contribution in [0.4, 0.5) is 5.69 Å². The smallest absolute Gasteiger partial charge is 0.308 e. The number of anilines is 1. The molecule has 4 heteroatoms. The van der Waals surface area contributed by atoms with E-state index in [4.69, 9.17) is 9.47 Å². The van der Waals surface area contributed by atoms with Gasteiger partial charge in [-0.1, -0.05) is 36.4 Å². The van der Waals surface area contributed by atoms with E-state index >= 15 is 0 Å². The number of esters is 1. The van der Waals surface area contributed by atoms with E-state index in [0.717, 1.165) is 22.4 Å². The van der Waals surface area contributed by atoms with Crippen molar-refractivity contribution in [2.24, 2.45) is 0 Å². The molecule has 3 aromatic carbocycles. The molecule has 0 aliphatic carbocycles. The standard InChI is InChI=1S/C28H33NO3/c1-18-15-22(9-12-25(18)29(6)7)28(5,23-10-13-26(31-8)19(2)16-23)24-11-14-27(20(3)17-24)32-21(4)30/h9-17H,1-8H3. The van der Waals surface area contributed by atoms with Crippen molar-refractivity contribution in [3.63, 3.8) is 0 Å². The third-order valence-electron chi connectivity index (χ3n) is 6.23. The van der Waals surface area contributed by atoms with Gasteiger partial charge in [-0.2, -0.15) is 0 Å². The zero-order chi connectivity index (χ0) is 23.6. The molecule has 32 heavy (non-hydrogen) atoms. The largest absolute Gasteiger partial charge is 0.496 e. The van der Waals surface area contributed by atoms with E-state index in [0.29, 0.717) is 5.75 Å². The molecule has 0 aliphatic rings. The van der Waals surface area contributed by atoms with Crippen LogP contribution < -0.4 is 14.4 Å². The number of methoxy groups -OCH3 is 1. The van der Waals surface area contributed by atoms with Crippen molar-refractivity contribution in [2.45, 2.75) is 40.0 Å². The Bertz CT molecular complexity index is 1150. The highest BCUT2D eigenvalue weighted by molar-refractivity contribution is 5.70. The lowest BCUT2D eigenvalue weighted by Crippen LogP contribution is -2.26. The number of ether oxygens (including phenoxy) is 2. The van der Waals surface area contributed by atoms with Gasteiger partial charge >= 0.3 is 5.97 Å². The van der Waals surface area contributed by atoms with Crippen molar-refractivity contribution in [2.75, 3.05) is 26.1 Å². The average Bonchev–Trinajstić information content (AvgIpc) is 2.73. The van der Waals surface area contributed by atoms with Gasteiger partial charge in [0.2, 0.25) is 0 Å². The Labute approximate surface area is 191 Å². The lowest BCUT2D eigenvalue weighted by atomic mass is 9.70. The fourth-order valence-corrected chi connectivity index (χ4v) is 4.39. The summed E-state index contributed by atoms with van der Waals surface area (Å²) < 4.78 is 10.9. The summed E-state index contributed by atoms with van der Waals surface area (Å²) in [6, 6.07) is 19.1. The number of carbonyl (C=O) groups excluding carboxylic acids is 1. The molecule has 0 saturated heterocycles. The molecule has 0 spiro atoms. The van der Waals surface area contributed by atoms with Gasteiger partial charge in [0.05, 0.1) is 7.11 Å². The minimum absolute atomic E-state index is 0.315. The highest BCUT2D eigenvalue weighted by Crippen LogP contribution is 2.42. The summed E-state index contributed by atoms with van der Waals surface area (Å²) in [6.07, 6.45) is 0. The molecular formula is C28H33NO3. The van der Waals surface area contributed by atoms with Crippen LogP contribution in [0.25, 0.3) is 0 Å². The molecular weight excluding hydrogens is 398 g/mol. The summed E-state index contributed by atoms with van der Waals surface area (Å²) in [4.78, 5) is 13.6. The van der Waals surface area contributed by atoms with Gasteiger partial charge in [-0.15, -0.1) is 0 Å². The molecule has 0 fully saturated rings. The molecule has 0 bridgehead atoms. The maximum absolute atomic E-state index is 11.5. The van der Waals surface area contributed by atoms with Gasteiger partial charge in [0, 0.05) is 32.1 Å². The maximum Gasteiger partial charge on any atom is 0.308 e. The van der Waals surface area contributed by atoms with E-state index in [1.807, 2.05) is 19.1 Å². The Morgan fingerprint density at radius 3 is 1.66 bits per heavy atom. The van der Waals surface area contributed by atoms with Crippen LogP contribution in [0, 0.1) is 20.8 Å². The summed E-state index contributed by atoms with van der Waals surface area (Å²) in [6.45, 7) is 9.86. The summed E-state index contributed by atoms with van der Waals surface area (Å²) in [5.74, 6) is 1.15. The Morgan fingerprint density at radius 1 is 0.781 bits per heavy atom. The Morgan fingerprint density at radius 2 is 1.25 bits per heavy atom. The van der Waals surface area contributed by atoms with Crippen LogP contribution in [0.2, 0.25) is 0 Å². The van der Waals surface area contributed by atoms with Gasteiger partial charge < -0.3 is 14.4 Å². The van der Waals surface area contributed by atoms with Crippen molar-refractivity contribution in [3.05, 3.63) is 88.0 Å². The summed E-state index contributed by atoms with van der Waals surface area (Å²) in [7, 11) is 5.82. The van der Waals surface area contributed by atoms with Gasteiger partial charge in [-0.05, 0) is 79.3 Å². The SMILES string of the molecule is COc1ccc(C(C)(c2ccc(OC(C)=O)c(C)c2)c2ccc(N(C)C)c(C)c2)cc1C. The van der Waals surface area contributed by atoms with Crippen LogP contribution in [0.1, 0.15) is 47.2 Å². The van der Waals surface area contributed by atoms with Crippen LogP contribution in [0.5, 0.6) is 11.5 Å². The van der Waals surface area contributed by atoms with Gasteiger partial charge in [0.15, 0.2) is 0 Å². The molecule has 1 unspecified atom stereocenters. The van der Waals surface area contributed by atoms with Gasteiger partial charge in [-0.3, -0.25) is 4.79 Å². The molecule has 0 saturated carbocycles. The van der Waals surface area contributed by atoms with Crippen LogP contribution in [0.3, 0.4) is 0 Å². The van der Waals surface area contributed by atoms with Crippen molar-refractivity contribution >= 4 is 11.7 Å². The Balaban J connectivity index is 2.25. The second-order valence-electron chi connectivity index (χ2n) is 8.78. The molecule has 4 nitrogen and oxygen atoms in total. The fourth-order valence-electron chi connectivity index (χ4n) is 4.39.